The fourth-order valence-corrected chi connectivity index (χ4v) is 6.09. The van der Waals surface area contributed by atoms with Gasteiger partial charge in [-0.3, -0.25) is 23.5 Å². The lowest BCUT2D eigenvalue weighted by Crippen LogP contribution is -2.40. The van der Waals surface area contributed by atoms with Gasteiger partial charge in [0.15, 0.2) is 0 Å². The lowest BCUT2D eigenvalue weighted by atomic mass is 10.1. The fourth-order valence-electron chi connectivity index (χ4n) is 6.09. The number of carbonyl (C=O) groups is 2. The summed E-state index contributed by atoms with van der Waals surface area (Å²) in [5.41, 5.74) is -1.46. The molecule has 0 atom stereocenters. The van der Waals surface area contributed by atoms with Crippen LogP contribution in [0.15, 0.2) is 67.7 Å². The molecule has 51 heavy (non-hydrogen) atoms. The number of nitrogens with one attached hydrogen (secondary N) is 2. The van der Waals surface area contributed by atoms with Gasteiger partial charge < -0.3 is 24.5 Å². The van der Waals surface area contributed by atoms with E-state index < -0.39 is 23.1 Å². The zero-order valence-corrected chi connectivity index (χ0v) is 30.4. The molecule has 276 valence electrons. The van der Waals surface area contributed by atoms with E-state index in [1.165, 1.54) is 4.57 Å². The smallest absolute Gasteiger partial charge is 0.410 e. The molecule has 4 aromatic rings. The van der Waals surface area contributed by atoms with Crippen LogP contribution in [0.5, 0.6) is 0 Å². The van der Waals surface area contributed by atoms with Crippen LogP contribution in [0.25, 0.3) is 21.8 Å². The standard InChI is InChI=1S/C38H52N6O7/c1-5-6-7-8-21-32(45)41(24-15-26-43-33(46)28-17-9-11-19-30(28)39-35(43)48)22-13-14-23-42(37(50)51-38(2,3)4)25-16-27-44-34(47)29-18-10-12-20-31(29)40-36(44)49/h9-12,17-20H,5-8,13-16,21-27H2,1-4H3,(H,39,48)(H,40,49). The first-order valence-corrected chi connectivity index (χ1v) is 18.1. The summed E-state index contributed by atoms with van der Waals surface area (Å²) < 4.78 is 8.00. The number of para-hydroxylation sites is 2. The number of hydrogen-bond donors (Lipinski definition) is 2. The van der Waals surface area contributed by atoms with Crippen molar-refractivity contribution in [3.8, 4) is 0 Å². The van der Waals surface area contributed by atoms with Gasteiger partial charge >= 0.3 is 17.5 Å². The molecule has 2 aromatic heterocycles. The van der Waals surface area contributed by atoms with E-state index in [1.807, 2.05) is 0 Å². The summed E-state index contributed by atoms with van der Waals surface area (Å²) in [7, 11) is 0. The molecule has 0 radical (unpaired) electrons. The van der Waals surface area contributed by atoms with E-state index >= 15 is 0 Å². The van der Waals surface area contributed by atoms with Gasteiger partial charge in [0.05, 0.1) is 21.8 Å². The molecule has 2 amide bonds. The molecular formula is C38H52N6O7. The lowest BCUT2D eigenvalue weighted by Gasteiger charge is -2.28. The Morgan fingerprint density at radius 2 is 1.12 bits per heavy atom. The summed E-state index contributed by atoms with van der Waals surface area (Å²) in [5, 5.41) is 0.855. The summed E-state index contributed by atoms with van der Waals surface area (Å²) in [5.74, 6) is 0.0286. The van der Waals surface area contributed by atoms with Crippen molar-refractivity contribution >= 4 is 33.8 Å². The average Bonchev–Trinajstić information content (AvgIpc) is 3.08. The van der Waals surface area contributed by atoms with Crippen molar-refractivity contribution in [1.82, 2.24) is 28.9 Å². The van der Waals surface area contributed by atoms with E-state index in [0.717, 1.165) is 30.3 Å². The number of benzene rings is 2. The Kier molecular flexibility index (Phi) is 14.0. The Hall–Kier alpha value is -4.94. The minimum absolute atomic E-state index is 0.0286. The monoisotopic (exact) mass is 704 g/mol. The second-order valence-corrected chi connectivity index (χ2v) is 13.9. The minimum atomic E-state index is -0.711. The third kappa shape index (κ3) is 11.0. The number of nitrogens with zero attached hydrogens (tertiary/aromatic N) is 4. The van der Waals surface area contributed by atoms with Gasteiger partial charge in [-0.15, -0.1) is 0 Å². The molecule has 0 unspecified atom stereocenters. The number of aromatic nitrogens is 4. The molecule has 0 fully saturated rings. The maximum absolute atomic E-state index is 13.3. The molecule has 0 aliphatic heterocycles. The van der Waals surface area contributed by atoms with Crippen LogP contribution in [0, 0.1) is 0 Å². The Morgan fingerprint density at radius 1 is 0.647 bits per heavy atom. The quantitative estimate of drug-likeness (QED) is 0.138. The third-order valence-electron chi connectivity index (χ3n) is 8.75. The molecule has 0 saturated carbocycles. The fraction of sp³-hybridized carbons (Fsp3) is 0.526. The highest BCUT2D eigenvalue weighted by Crippen LogP contribution is 2.13. The Balaban J connectivity index is 1.38. The van der Waals surface area contributed by atoms with Crippen molar-refractivity contribution in [2.24, 2.45) is 0 Å². The lowest BCUT2D eigenvalue weighted by molar-refractivity contribution is -0.131. The first-order valence-electron chi connectivity index (χ1n) is 18.1. The predicted octanol–water partition coefficient (Wildman–Crippen LogP) is 4.99. The van der Waals surface area contributed by atoms with Gasteiger partial charge in [-0.1, -0.05) is 50.5 Å². The molecule has 0 saturated heterocycles. The van der Waals surface area contributed by atoms with E-state index in [9.17, 15) is 28.8 Å². The predicted molar refractivity (Wildman–Crippen MR) is 199 cm³/mol. The van der Waals surface area contributed by atoms with E-state index in [1.54, 1.807) is 79.1 Å². The number of unbranched alkanes of at least 4 members (excludes halogenated alkanes) is 4. The maximum Gasteiger partial charge on any atom is 0.410 e. The molecule has 2 heterocycles. The van der Waals surface area contributed by atoms with Crippen LogP contribution in [-0.2, 0) is 22.6 Å². The van der Waals surface area contributed by atoms with Crippen LogP contribution in [0.3, 0.4) is 0 Å². The van der Waals surface area contributed by atoms with Gasteiger partial charge in [0, 0.05) is 45.7 Å². The Bertz CT molecular complexity index is 2020. The van der Waals surface area contributed by atoms with Crippen LogP contribution in [0.2, 0.25) is 0 Å². The first-order chi connectivity index (χ1) is 24.4. The van der Waals surface area contributed by atoms with E-state index in [4.69, 9.17) is 4.74 Å². The van der Waals surface area contributed by atoms with Crippen molar-refractivity contribution in [3.63, 3.8) is 0 Å². The number of aromatic amines is 2. The molecule has 0 aliphatic rings. The maximum atomic E-state index is 13.3. The van der Waals surface area contributed by atoms with Crippen molar-refractivity contribution in [3.05, 3.63) is 90.2 Å². The van der Waals surface area contributed by atoms with Crippen LogP contribution < -0.4 is 22.5 Å². The zero-order chi connectivity index (χ0) is 37.0. The molecule has 4 rings (SSSR count). The van der Waals surface area contributed by atoms with Gasteiger partial charge in [0.2, 0.25) is 5.91 Å². The second-order valence-electron chi connectivity index (χ2n) is 13.9. The van der Waals surface area contributed by atoms with E-state index in [-0.39, 0.29) is 36.7 Å². The van der Waals surface area contributed by atoms with Gasteiger partial charge in [0.1, 0.15) is 5.60 Å². The van der Waals surface area contributed by atoms with Crippen LogP contribution in [-0.4, -0.2) is 72.7 Å². The third-order valence-corrected chi connectivity index (χ3v) is 8.75. The van der Waals surface area contributed by atoms with Crippen LogP contribution >= 0.6 is 0 Å². The summed E-state index contributed by atoms with van der Waals surface area (Å²) in [4.78, 5) is 86.7. The number of rotatable bonds is 18. The van der Waals surface area contributed by atoms with E-state index in [2.05, 4.69) is 16.9 Å². The molecule has 2 aromatic carbocycles. The Labute approximate surface area is 297 Å². The number of fused-ring (bicyclic) bond motifs is 2. The van der Waals surface area contributed by atoms with E-state index in [0.29, 0.717) is 73.5 Å². The number of ether oxygens (including phenoxy) is 1. The second kappa shape index (κ2) is 18.3. The summed E-state index contributed by atoms with van der Waals surface area (Å²) in [6, 6.07) is 13.7. The highest BCUT2D eigenvalue weighted by molar-refractivity contribution is 5.78. The van der Waals surface area contributed by atoms with Crippen molar-refractivity contribution in [2.45, 2.75) is 104 Å². The van der Waals surface area contributed by atoms with Gasteiger partial charge in [-0.2, -0.15) is 0 Å². The molecule has 2 N–H and O–H groups in total. The summed E-state index contributed by atoms with van der Waals surface area (Å²) >= 11 is 0. The van der Waals surface area contributed by atoms with Crippen LogP contribution in [0.4, 0.5) is 4.79 Å². The molecule has 0 bridgehead atoms. The molecule has 13 nitrogen and oxygen atoms in total. The normalized spacial score (nSPS) is 11.6. The number of carbonyl (C=O) groups excluding carboxylic acids is 2. The first kappa shape index (κ1) is 38.9. The van der Waals surface area contributed by atoms with Crippen molar-refractivity contribution in [2.75, 3.05) is 26.2 Å². The van der Waals surface area contributed by atoms with Gasteiger partial charge in [-0.25, -0.2) is 14.4 Å². The van der Waals surface area contributed by atoms with Crippen LogP contribution in [0.1, 0.15) is 85.5 Å². The minimum Gasteiger partial charge on any atom is -0.444 e. The number of H-pyrrole nitrogens is 2. The number of amides is 2. The number of hydrogen-bond acceptors (Lipinski definition) is 7. The molecular weight excluding hydrogens is 652 g/mol. The topological polar surface area (TPSA) is 160 Å². The van der Waals surface area contributed by atoms with Gasteiger partial charge in [0.25, 0.3) is 11.1 Å². The average molecular weight is 705 g/mol. The highest BCUT2D eigenvalue weighted by Gasteiger charge is 2.22. The molecule has 0 aliphatic carbocycles. The largest absolute Gasteiger partial charge is 0.444 e. The van der Waals surface area contributed by atoms with Crippen molar-refractivity contribution < 1.29 is 14.3 Å². The highest BCUT2D eigenvalue weighted by atomic mass is 16.6. The zero-order valence-electron chi connectivity index (χ0n) is 30.4. The molecule has 0 spiro atoms. The Morgan fingerprint density at radius 3 is 1.63 bits per heavy atom. The molecule has 13 heteroatoms. The van der Waals surface area contributed by atoms with Crippen molar-refractivity contribution in [1.29, 1.82) is 0 Å². The summed E-state index contributed by atoms with van der Waals surface area (Å²) in [6.45, 7) is 9.27. The van der Waals surface area contributed by atoms with Gasteiger partial charge in [-0.05, 0) is 77.1 Å². The summed E-state index contributed by atoms with van der Waals surface area (Å²) in [6.07, 6.45) is 5.81. The SMILES string of the molecule is CCCCCCC(=O)N(CCCCN(CCCn1c(=O)[nH]c2ccccc2c1=O)C(=O)OC(C)(C)C)CCCn1c(=O)[nH]c2ccccc2c1=O.